The standard InChI is InChI=1S/C42H61N9O12/c1-6-10-28(46-39(59)30(20-26-13-15-27(53)16-14-26)48-36(56)24(5)45-35(55)23(4)43)37(57)47-29(17-18-33(44)54)38(58)49-31(19-25-11-8-7-9-12-25)40(60)50-32(21-52)41(61)51-34(22(2)3)42(62)63/h7-9,11-16,22-24,28-32,34,52-53H,6,10,17-21,43H2,1-5H3,(H2,44,54)(H,45,55)(H,46,59)(H,47,57)(H,48,56)(H,49,58)(H,50,60)(H,51,61)(H,62,63)/t23-,24-,28-,29-,30-,31-,32-,34-/m0/s1. The van der Waals surface area contributed by atoms with Crippen LogP contribution in [0.1, 0.15) is 71.4 Å². The van der Waals surface area contributed by atoms with Crippen molar-refractivity contribution in [3.05, 3.63) is 65.7 Å². The summed E-state index contributed by atoms with van der Waals surface area (Å²) in [6.07, 6.45) is -0.644. The predicted octanol–water partition coefficient (Wildman–Crippen LogP) is -2.26. The van der Waals surface area contributed by atoms with Gasteiger partial charge in [0.2, 0.25) is 47.3 Å². The Hall–Kier alpha value is -6.61. The topological polar surface area (TPSA) is 351 Å². The van der Waals surface area contributed by atoms with Crippen LogP contribution in [0.3, 0.4) is 0 Å². The second kappa shape index (κ2) is 26.0. The van der Waals surface area contributed by atoms with E-state index in [1.165, 1.54) is 38.1 Å². The van der Waals surface area contributed by atoms with Crippen molar-refractivity contribution in [3.8, 4) is 5.75 Å². The Balaban J connectivity index is 2.40. The van der Waals surface area contributed by atoms with Crippen LogP contribution in [0.5, 0.6) is 5.75 Å². The van der Waals surface area contributed by atoms with Crippen LogP contribution in [0, 0.1) is 5.92 Å². The van der Waals surface area contributed by atoms with E-state index in [1.54, 1.807) is 51.1 Å². The summed E-state index contributed by atoms with van der Waals surface area (Å²) >= 11 is 0. The van der Waals surface area contributed by atoms with Gasteiger partial charge in [-0.1, -0.05) is 69.7 Å². The zero-order valence-electron chi connectivity index (χ0n) is 36.0. The smallest absolute Gasteiger partial charge is 0.326 e. The van der Waals surface area contributed by atoms with Crippen LogP contribution < -0.4 is 48.7 Å². The molecule has 0 fully saturated rings. The monoisotopic (exact) mass is 883 g/mol. The number of carboxylic acids is 1. The first kappa shape index (κ1) is 52.5. The van der Waals surface area contributed by atoms with Gasteiger partial charge >= 0.3 is 5.97 Å². The summed E-state index contributed by atoms with van der Waals surface area (Å²) in [6, 6.07) is 3.55. The fourth-order valence-corrected chi connectivity index (χ4v) is 6.01. The number of aliphatic hydroxyl groups excluding tert-OH is 1. The normalized spacial score (nSPS) is 14.8. The summed E-state index contributed by atoms with van der Waals surface area (Å²) in [6.45, 7) is 6.70. The quantitative estimate of drug-likeness (QED) is 0.0475. The Labute approximate surface area is 365 Å². The molecule has 2 aromatic rings. The van der Waals surface area contributed by atoms with Gasteiger partial charge < -0.3 is 64.0 Å². The van der Waals surface area contributed by atoms with E-state index < -0.39 is 121 Å². The molecular weight excluding hydrogens is 823 g/mol. The largest absolute Gasteiger partial charge is 0.508 e. The van der Waals surface area contributed by atoms with Gasteiger partial charge in [0, 0.05) is 19.3 Å². The Kier molecular flexibility index (Phi) is 21.7. The lowest BCUT2D eigenvalue weighted by Crippen LogP contribution is -2.61. The molecule has 0 unspecified atom stereocenters. The lowest BCUT2D eigenvalue weighted by atomic mass is 10.0. The van der Waals surface area contributed by atoms with E-state index in [0.717, 1.165) is 0 Å². The van der Waals surface area contributed by atoms with E-state index in [0.29, 0.717) is 17.5 Å². The molecule has 0 bridgehead atoms. The number of carbonyl (C=O) groups excluding carboxylic acids is 8. The summed E-state index contributed by atoms with van der Waals surface area (Å²) in [5, 5.41) is 46.6. The number of hydrogen-bond donors (Lipinski definition) is 12. The minimum absolute atomic E-state index is 0.0334. The van der Waals surface area contributed by atoms with Crippen LogP contribution in [0.2, 0.25) is 0 Å². The maximum absolute atomic E-state index is 14.0. The molecule has 0 saturated heterocycles. The van der Waals surface area contributed by atoms with Crippen molar-refractivity contribution in [1.82, 2.24) is 37.2 Å². The number of nitrogens with two attached hydrogens (primary N) is 2. The van der Waals surface area contributed by atoms with E-state index >= 15 is 0 Å². The van der Waals surface area contributed by atoms with Crippen molar-refractivity contribution in [2.75, 3.05) is 6.61 Å². The van der Waals surface area contributed by atoms with Gasteiger partial charge in [-0.3, -0.25) is 38.4 Å². The molecule has 8 atom stereocenters. The van der Waals surface area contributed by atoms with Crippen LogP contribution in [0.4, 0.5) is 0 Å². The van der Waals surface area contributed by atoms with Crippen molar-refractivity contribution < 1.29 is 58.5 Å². The van der Waals surface area contributed by atoms with Crippen LogP contribution in [-0.2, 0) is 56.0 Å². The Morgan fingerprint density at radius 1 is 0.571 bits per heavy atom. The number of aromatic hydroxyl groups is 1. The third kappa shape index (κ3) is 18.1. The number of carboxylic acid groups (broad SMARTS) is 1. The van der Waals surface area contributed by atoms with Crippen molar-refractivity contribution >= 4 is 53.2 Å². The van der Waals surface area contributed by atoms with E-state index in [1.807, 2.05) is 0 Å². The highest BCUT2D eigenvalue weighted by atomic mass is 16.4. The Morgan fingerprint density at radius 3 is 1.48 bits per heavy atom. The van der Waals surface area contributed by atoms with Crippen LogP contribution in [0.25, 0.3) is 0 Å². The lowest BCUT2D eigenvalue weighted by Gasteiger charge is -2.27. The van der Waals surface area contributed by atoms with Gasteiger partial charge in [-0.25, -0.2) is 4.79 Å². The Morgan fingerprint density at radius 2 is 1.02 bits per heavy atom. The fourth-order valence-electron chi connectivity index (χ4n) is 6.01. The molecule has 0 heterocycles. The van der Waals surface area contributed by atoms with Crippen LogP contribution in [0.15, 0.2) is 54.6 Å². The highest BCUT2D eigenvalue weighted by molar-refractivity contribution is 5.98. The predicted molar refractivity (Wildman–Crippen MR) is 228 cm³/mol. The average molecular weight is 884 g/mol. The number of aliphatic hydroxyl groups is 1. The van der Waals surface area contributed by atoms with Crippen molar-refractivity contribution in [1.29, 1.82) is 0 Å². The molecule has 0 aromatic heterocycles. The summed E-state index contributed by atoms with van der Waals surface area (Å²) in [7, 11) is 0. The van der Waals surface area contributed by atoms with Crippen molar-refractivity contribution in [2.45, 2.75) is 121 Å². The van der Waals surface area contributed by atoms with Gasteiger partial charge in [0.05, 0.1) is 12.6 Å². The number of phenols is 1. The van der Waals surface area contributed by atoms with Gasteiger partial charge in [0.25, 0.3) is 0 Å². The number of hydrogen-bond acceptors (Lipinski definition) is 12. The minimum atomic E-state index is -1.63. The SMILES string of the molecule is CCC[C@H](NC(=O)[C@H](Cc1ccc(O)cc1)NC(=O)[C@H](C)NC(=O)[C@H](C)N)C(=O)N[C@@H](CCC(N)=O)C(=O)N[C@@H](Cc1ccccc1)C(=O)N[C@@H](CO)C(=O)N[C@H](C(=O)O)C(C)C. The van der Waals surface area contributed by atoms with E-state index in [2.05, 4.69) is 37.2 Å². The Bertz CT molecular complexity index is 1900. The third-order valence-corrected chi connectivity index (χ3v) is 9.66. The molecule has 8 amide bonds. The summed E-state index contributed by atoms with van der Waals surface area (Å²) < 4.78 is 0. The number of aliphatic carboxylic acids is 1. The maximum atomic E-state index is 14.0. The summed E-state index contributed by atoms with van der Waals surface area (Å²) in [4.78, 5) is 117. The van der Waals surface area contributed by atoms with Gasteiger partial charge in [0.1, 0.15) is 48.0 Å². The first-order valence-electron chi connectivity index (χ1n) is 20.5. The molecule has 14 N–H and O–H groups in total. The minimum Gasteiger partial charge on any atom is -0.508 e. The van der Waals surface area contributed by atoms with Gasteiger partial charge in [-0.2, -0.15) is 0 Å². The molecule has 0 aliphatic rings. The zero-order chi connectivity index (χ0) is 47.4. The third-order valence-electron chi connectivity index (χ3n) is 9.66. The second-order valence-electron chi connectivity index (χ2n) is 15.4. The highest BCUT2D eigenvalue weighted by Crippen LogP contribution is 2.13. The second-order valence-corrected chi connectivity index (χ2v) is 15.4. The number of benzene rings is 2. The van der Waals surface area contributed by atoms with Gasteiger partial charge in [-0.05, 0) is 55.9 Å². The van der Waals surface area contributed by atoms with E-state index in [9.17, 15) is 58.5 Å². The number of rotatable bonds is 26. The molecule has 346 valence electrons. The van der Waals surface area contributed by atoms with Gasteiger partial charge in [0.15, 0.2) is 0 Å². The highest BCUT2D eigenvalue weighted by Gasteiger charge is 2.34. The van der Waals surface area contributed by atoms with Crippen LogP contribution in [-0.4, -0.2) is 123 Å². The molecule has 0 spiro atoms. The molecule has 21 nitrogen and oxygen atoms in total. The number of carbonyl (C=O) groups is 9. The summed E-state index contributed by atoms with van der Waals surface area (Å²) in [5.74, 6) is -8.73. The van der Waals surface area contributed by atoms with E-state index in [-0.39, 0.29) is 31.4 Å². The number of nitrogens with one attached hydrogen (secondary N) is 7. The molecule has 63 heavy (non-hydrogen) atoms. The first-order chi connectivity index (χ1) is 29.7. The number of phenolic OH excluding ortho intramolecular Hbond substituents is 1. The molecule has 21 heteroatoms. The molecule has 0 radical (unpaired) electrons. The molecule has 0 aliphatic heterocycles. The molecule has 0 aliphatic carbocycles. The van der Waals surface area contributed by atoms with Crippen LogP contribution >= 0.6 is 0 Å². The fraction of sp³-hybridized carbons (Fsp3) is 0.500. The van der Waals surface area contributed by atoms with Gasteiger partial charge in [-0.15, -0.1) is 0 Å². The van der Waals surface area contributed by atoms with E-state index in [4.69, 9.17) is 11.5 Å². The molecule has 2 rings (SSSR count). The average Bonchev–Trinajstić information content (AvgIpc) is 3.22. The summed E-state index contributed by atoms with van der Waals surface area (Å²) in [5.41, 5.74) is 12.1. The lowest BCUT2D eigenvalue weighted by molar-refractivity contribution is -0.144. The first-order valence-corrected chi connectivity index (χ1v) is 20.5. The van der Waals surface area contributed by atoms with Crippen molar-refractivity contribution in [2.24, 2.45) is 17.4 Å². The number of amides is 8. The molecular formula is C42H61N9O12. The molecule has 2 aromatic carbocycles. The number of primary amides is 1. The maximum Gasteiger partial charge on any atom is 0.326 e. The molecule has 0 saturated carbocycles. The van der Waals surface area contributed by atoms with Crippen molar-refractivity contribution in [3.63, 3.8) is 0 Å². The zero-order valence-corrected chi connectivity index (χ0v) is 36.0.